The zero-order chi connectivity index (χ0) is 27.5. The minimum absolute atomic E-state index is 0.0289. The normalized spacial score (nSPS) is 14.3. The van der Waals surface area contributed by atoms with Gasteiger partial charge in [-0.1, -0.05) is 12.1 Å². The van der Waals surface area contributed by atoms with E-state index in [4.69, 9.17) is 14.7 Å². The molecule has 0 bridgehead atoms. The van der Waals surface area contributed by atoms with Gasteiger partial charge in [0.1, 0.15) is 29.5 Å². The van der Waals surface area contributed by atoms with Crippen molar-refractivity contribution in [2.45, 2.75) is 31.9 Å². The van der Waals surface area contributed by atoms with Gasteiger partial charge in [-0.15, -0.1) is 0 Å². The Morgan fingerprint density at radius 2 is 1.97 bits per heavy atom. The number of fused-ring (bicyclic) bond motifs is 1. The Hall–Kier alpha value is -4.49. The number of phenols is 1. The number of esters is 1. The first-order valence-electron chi connectivity index (χ1n) is 12.6. The lowest BCUT2D eigenvalue weighted by molar-refractivity contribution is 0.0600. The van der Waals surface area contributed by atoms with Gasteiger partial charge in [0.15, 0.2) is 0 Å². The van der Waals surface area contributed by atoms with E-state index < -0.39 is 11.8 Å². The van der Waals surface area contributed by atoms with E-state index in [1.54, 1.807) is 24.3 Å². The van der Waals surface area contributed by atoms with Crippen LogP contribution in [0.4, 0.5) is 4.39 Å². The number of imidazole rings is 1. The Bertz CT molecular complexity index is 1570. The van der Waals surface area contributed by atoms with Gasteiger partial charge in [-0.25, -0.2) is 19.2 Å². The van der Waals surface area contributed by atoms with Gasteiger partial charge in [-0.05, 0) is 56.3 Å². The number of ether oxygens (including phenoxy) is 2. The van der Waals surface area contributed by atoms with Crippen LogP contribution in [0.25, 0.3) is 11.0 Å². The fourth-order valence-corrected chi connectivity index (χ4v) is 4.91. The SMILES string of the molecule is COC(=O)c1cc(O)c2nc(CN3CCC(c4cccc(OCc5ccc(C#N)cc5F)n4)CC3)n(C)c2c1. The Morgan fingerprint density at radius 3 is 2.69 bits per heavy atom. The molecule has 0 aliphatic carbocycles. The van der Waals surface area contributed by atoms with Gasteiger partial charge in [-0.2, -0.15) is 5.26 Å². The summed E-state index contributed by atoms with van der Waals surface area (Å²) >= 11 is 0. The highest BCUT2D eigenvalue weighted by atomic mass is 19.1. The van der Waals surface area contributed by atoms with Gasteiger partial charge in [0.25, 0.3) is 0 Å². The number of pyridine rings is 1. The molecule has 5 rings (SSSR count). The quantitative estimate of drug-likeness (QED) is 0.350. The number of phenolic OH excluding ortho intramolecular Hbond substituents is 1. The molecule has 0 amide bonds. The van der Waals surface area contributed by atoms with Gasteiger partial charge >= 0.3 is 5.97 Å². The summed E-state index contributed by atoms with van der Waals surface area (Å²) in [4.78, 5) is 23.5. The highest BCUT2D eigenvalue weighted by molar-refractivity contribution is 5.96. The van der Waals surface area contributed by atoms with E-state index in [0.717, 1.165) is 37.4 Å². The lowest BCUT2D eigenvalue weighted by Crippen LogP contribution is -2.33. The second-order valence-electron chi connectivity index (χ2n) is 9.60. The topological polar surface area (TPSA) is 114 Å². The van der Waals surface area contributed by atoms with Crippen molar-refractivity contribution >= 4 is 17.0 Å². The highest BCUT2D eigenvalue weighted by Crippen LogP contribution is 2.31. The molecular weight excluding hydrogens is 501 g/mol. The first-order valence-corrected chi connectivity index (χ1v) is 12.6. The fraction of sp³-hybridized carbons (Fsp3) is 0.310. The number of benzene rings is 2. The number of rotatable bonds is 7. The number of nitriles is 1. The summed E-state index contributed by atoms with van der Waals surface area (Å²) in [6.07, 6.45) is 1.81. The average Bonchev–Trinajstić information content (AvgIpc) is 3.27. The predicted octanol–water partition coefficient (Wildman–Crippen LogP) is 4.43. The molecule has 4 aromatic rings. The standard InChI is InChI=1S/C29H28FN5O4/c1-34-24-13-21(29(37)38-2)14-25(36)28(24)33-26(34)16-35-10-8-19(9-11-35)23-4-3-5-27(32-23)39-17-20-7-6-18(15-31)12-22(20)30/h3-7,12-14,19,36H,8-11,16-17H2,1-2H3. The Kier molecular flexibility index (Phi) is 7.43. The van der Waals surface area contributed by atoms with Crippen molar-refractivity contribution < 1.29 is 23.8 Å². The van der Waals surface area contributed by atoms with Gasteiger partial charge in [0.2, 0.25) is 5.88 Å². The molecule has 1 saturated heterocycles. The maximum atomic E-state index is 14.2. The van der Waals surface area contributed by atoms with Crippen LogP contribution in [0.15, 0.2) is 48.5 Å². The van der Waals surface area contributed by atoms with Crippen LogP contribution in [0.2, 0.25) is 0 Å². The van der Waals surface area contributed by atoms with E-state index in [1.165, 1.54) is 19.2 Å². The molecule has 10 heteroatoms. The number of carbonyl (C=O) groups is 1. The summed E-state index contributed by atoms with van der Waals surface area (Å²) in [5.74, 6) is 0.458. The summed E-state index contributed by atoms with van der Waals surface area (Å²) in [6, 6.07) is 14.9. The van der Waals surface area contributed by atoms with Crippen molar-refractivity contribution in [3.05, 3.63) is 82.6 Å². The number of aromatic nitrogens is 3. The number of hydrogen-bond acceptors (Lipinski definition) is 8. The first-order chi connectivity index (χ1) is 18.9. The summed E-state index contributed by atoms with van der Waals surface area (Å²) in [7, 11) is 3.18. The molecule has 1 aliphatic rings. The molecule has 3 heterocycles. The maximum absolute atomic E-state index is 14.2. The molecule has 2 aromatic heterocycles. The predicted molar refractivity (Wildman–Crippen MR) is 141 cm³/mol. The Morgan fingerprint density at radius 1 is 1.18 bits per heavy atom. The molecule has 0 unspecified atom stereocenters. The van der Waals surface area contributed by atoms with Gasteiger partial charge in [0.05, 0.1) is 36.4 Å². The number of carbonyl (C=O) groups excluding carboxylic acids is 1. The van der Waals surface area contributed by atoms with Gasteiger partial charge < -0.3 is 19.1 Å². The molecule has 0 spiro atoms. The van der Waals surface area contributed by atoms with Crippen LogP contribution in [0, 0.1) is 17.1 Å². The molecule has 1 aliphatic heterocycles. The number of hydrogen-bond donors (Lipinski definition) is 1. The number of likely N-dealkylation sites (tertiary alicyclic amines) is 1. The monoisotopic (exact) mass is 529 g/mol. The zero-order valence-electron chi connectivity index (χ0n) is 21.7. The fourth-order valence-electron chi connectivity index (χ4n) is 4.91. The molecule has 0 saturated carbocycles. The number of nitrogens with zero attached hydrogens (tertiary/aromatic N) is 5. The molecule has 39 heavy (non-hydrogen) atoms. The number of methoxy groups -OCH3 is 1. The number of halogens is 1. The van der Waals surface area contributed by atoms with Crippen LogP contribution in [-0.2, 0) is 24.9 Å². The number of aryl methyl sites for hydroxylation is 1. The third-order valence-corrected chi connectivity index (χ3v) is 7.15. The lowest BCUT2D eigenvalue weighted by atomic mass is 9.93. The molecule has 0 atom stereocenters. The van der Waals surface area contributed by atoms with Crippen LogP contribution in [-0.4, -0.2) is 50.7 Å². The summed E-state index contributed by atoms with van der Waals surface area (Å²) in [5.41, 5.74) is 2.98. The molecule has 9 nitrogen and oxygen atoms in total. The van der Waals surface area contributed by atoms with Crippen LogP contribution >= 0.6 is 0 Å². The largest absolute Gasteiger partial charge is 0.506 e. The van der Waals surface area contributed by atoms with Crippen LogP contribution in [0.5, 0.6) is 11.6 Å². The Balaban J connectivity index is 1.21. The minimum Gasteiger partial charge on any atom is -0.506 e. The van der Waals surface area contributed by atoms with E-state index in [9.17, 15) is 14.3 Å². The smallest absolute Gasteiger partial charge is 0.338 e. The van der Waals surface area contributed by atoms with Gasteiger partial charge in [0, 0.05) is 30.3 Å². The van der Waals surface area contributed by atoms with Crippen LogP contribution in [0.3, 0.4) is 0 Å². The number of piperidine rings is 1. The van der Waals surface area contributed by atoms with Crippen molar-refractivity contribution in [1.82, 2.24) is 19.4 Å². The zero-order valence-corrected chi connectivity index (χ0v) is 21.7. The van der Waals surface area contributed by atoms with E-state index >= 15 is 0 Å². The summed E-state index contributed by atoms with van der Waals surface area (Å²) in [5, 5.41) is 19.3. The minimum atomic E-state index is -0.512. The molecule has 0 radical (unpaired) electrons. The second kappa shape index (κ2) is 11.1. The summed E-state index contributed by atoms with van der Waals surface area (Å²) < 4.78 is 26.6. The van der Waals surface area contributed by atoms with Crippen molar-refractivity contribution in [3.8, 4) is 17.7 Å². The first kappa shape index (κ1) is 26.1. The Labute approximate surface area is 225 Å². The molecule has 1 N–H and O–H groups in total. The second-order valence-corrected chi connectivity index (χ2v) is 9.60. The maximum Gasteiger partial charge on any atom is 0.338 e. The van der Waals surface area contributed by atoms with Crippen molar-refractivity contribution in [2.75, 3.05) is 20.2 Å². The highest BCUT2D eigenvalue weighted by Gasteiger charge is 2.24. The van der Waals surface area contributed by atoms with Crippen molar-refractivity contribution in [1.29, 1.82) is 5.26 Å². The molecular formula is C29H28FN5O4. The summed E-state index contributed by atoms with van der Waals surface area (Å²) in [6.45, 7) is 2.33. The average molecular weight is 530 g/mol. The van der Waals surface area contributed by atoms with E-state index in [-0.39, 0.29) is 29.4 Å². The third kappa shape index (κ3) is 5.54. The molecule has 2 aromatic carbocycles. The van der Waals surface area contributed by atoms with Crippen molar-refractivity contribution in [2.24, 2.45) is 7.05 Å². The van der Waals surface area contributed by atoms with Crippen LogP contribution in [0.1, 0.15) is 51.8 Å². The van der Waals surface area contributed by atoms with E-state index in [2.05, 4.69) is 14.9 Å². The van der Waals surface area contributed by atoms with Gasteiger partial charge in [-0.3, -0.25) is 4.90 Å². The van der Waals surface area contributed by atoms with E-state index in [0.29, 0.717) is 29.0 Å². The number of aromatic hydroxyl groups is 1. The van der Waals surface area contributed by atoms with E-state index in [1.807, 2.05) is 29.8 Å². The van der Waals surface area contributed by atoms with Crippen molar-refractivity contribution in [3.63, 3.8) is 0 Å². The molecule has 200 valence electrons. The third-order valence-electron chi connectivity index (χ3n) is 7.15. The molecule has 1 fully saturated rings. The lowest BCUT2D eigenvalue weighted by Gasteiger charge is -2.31. The van der Waals surface area contributed by atoms with Crippen LogP contribution < -0.4 is 4.74 Å².